The zero-order valence-corrected chi connectivity index (χ0v) is 21.3. The molecule has 5 nitrogen and oxygen atoms in total. The van der Waals surface area contributed by atoms with E-state index >= 15 is 0 Å². The maximum Gasteiger partial charge on any atom is 0.172 e. The van der Waals surface area contributed by atoms with E-state index in [1.165, 1.54) is 31.3 Å². The summed E-state index contributed by atoms with van der Waals surface area (Å²) in [6.07, 6.45) is 5.18. The van der Waals surface area contributed by atoms with Crippen molar-refractivity contribution >= 4 is 75.5 Å². The fourth-order valence-electron chi connectivity index (χ4n) is 5.71. The summed E-state index contributed by atoms with van der Waals surface area (Å²) >= 11 is 1.85. The SMILES string of the molecule is c1ccc2c(c1)sc1cc(-c3ccc4c(c3)[nH]c3cc(-c5ccc6c(c5)oc5cncnc56)cnc34)ccc12. The number of nitrogens with zero attached hydrogens (tertiary/aromatic N) is 3. The number of aromatic amines is 1. The molecule has 5 heterocycles. The summed E-state index contributed by atoms with van der Waals surface area (Å²) in [6.45, 7) is 0. The van der Waals surface area contributed by atoms with Gasteiger partial charge in [0.1, 0.15) is 17.4 Å². The molecule has 0 amide bonds. The van der Waals surface area contributed by atoms with Gasteiger partial charge in [-0.2, -0.15) is 0 Å². The zero-order chi connectivity index (χ0) is 25.5. The number of hydrogen-bond acceptors (Lipinski definition) is 5. The first kappa shape index (κ1) is 20.9. The summed E-state index contributed by atoms with van der Waals surface area (Å²) in [7, 11) is 0. The number of aromatic nitrogens is 4. The summed E-state index contributed by atoms with van der Waals surface area (Å²) in [5.41, 5.74) is 9.84. The minimum atomic E-state index is 0.691. The summed E-state index contributed by atoms with van der Waals surface area (Å²) < 4.78 is 8.63. The van der Waals surface area contributed by atoms with Crippen LogP contribution in [0.4, 0.5) is 0 Å². The van der Waals surface area contributed by atoms with Crippen molar-refractivity contribution < 1.29 is 4.42 Å². The molecule has 0 bridgehead atoms. The number of H-pyrrole nitrogens is 1. The highest BCUT2D eigenvalue weighted by Crippen LogP contribution is 2.38. The molecule has 0 saturated carbocycles. The predicted octanol–water partition coefficient (Wildman–Crippen LogP) is 9.11. The molecule has 0 aliphatic heterocycles. The number of furan rings is 1. The van der Waals surface area contributed by atoms with Crippen LogP contribution in [-0.2, 0) is 0 Å². The molecular weight excluding hydrogens is 500 g/mol. The molecule has 6 heteroatoms. The van der Waals surface area contributed by atoms with Crippen molar-refractivity contribution in [1.29, 1.82) is 0 Å². The van der Waals surface area contributed by atoms with Gasteiger partial charge in [-0.3, -0.25) is 4.98 Å². The standard InChI is InChI=1S/C33H18N4OS/c1-2-4-30-22(3-1)23-8-5-20(14-31(23)39-30)18-6-9-24-26(11-18)37-27-12-21(15-35-32(24)27)19-7-10-25-28(13-19)38-29-16-34-17-36-33(25)29/h1-17,37H. The van der Waals surface area contributed by atoms with Crippen LogP contribution in [0.25, 0.3) is 86.4 Å². The van der Waals surface area contributed by atoms with Gasteiger partial charge in [0.15, 0.2) is 5.58 Å². The monoisotopic (exact) mass is 518 g/mol. The Morgan fingerprint density at radius 2 is 1.33 bits per heavy atom. The Hall–Kier alpha value is -5.07. The Labute approximate surface area is 225 Å². The Kier molecular flexibility index (Phi) is 4.14. The van der Waals surface area contributed by atoms with Crippen molar-refractivity contribution in [3.05, 3.63) is 104 Å². The van der Waals surface area contributed by atoms with E-state index in [1.807, 2.05) is 23.6 Å². The maximum atomic E-state index is 6.00. The molecule has 9 rings (SSSR count). The van der Waals surface area contributed by atoms with Crippen LogP contribution in [0.3, 0.4) is 0 Å². The number of pyridine rings is 1. The van der Waals surface area contributed by atoms with Crippen LogP contribution >= 0.6 is 11.3 Å². The lowest BCUT2D eigenvalue weighted by Gasteiger charge is -2.03. The van der Waals surface area contributed by atoms with E-state index in [4.69, 9.17) is 9.40 Å². The van der Waals surface area contributed by atoms with Crippen LogP contribution in [0.2, 0.25) is 0 Å². The van der Waals surface area contributed by atoms with Crippen LogP contribution in [-0.4, -0.2) is 19.9 Å². The van der Waals surface area contributed by atoms with E-state index in [-0.39, 0.29) is 0 Å². The van der Waals surface area contributed by atoms with Crippen LogP contribution in [0.1, 0.15) is 0 Å². The fraction of sp³-hybridized carbons (Fsp3) is 0. The van der Waals surface area contributed by atoms with Crippen LogP contribution in [0, 0.1) is 0 Å². The highest BCUT2D eigenvalue weighted by atomic mass is 32.1. The second kappa shape index (κ2) is 7.72. The normalized spacial score (nSPS) is 12.1. The molecule has 0 atom stereocenters. The molecule has 5 aromatic heterocycles. The molecule has 0 fully saturated rings. The topological polar surface area (TPSA) is 67.6 Å². The number of thiophene rings is 1. The Balaban J connectivity index is 1.14. The second-order valence-corrected chi connectivity index (χ2v) is 10.9. The van der Waals surface area contributed by atoms with E-state index in [1.54, 1.807) is 12.5 Å². The van der Waals surface area contributed by atoms with Crippen LogP contribution < -0.4 is 0 Å². The van der Waals surface area contributed by atoms with Crippen molar-refractivity contribution in [2.45, 2.75) is 0 Å². The highest BCUT2D eigenvalue weighted by Gasteiger charge is 2.13. The largest absolute Gasteiger partial charge is 0.453 e. The number of fused-ring (bicyclic) bond motifs is 9. The Morgan fingerprint density at radius 1 is 0.564 bits per heavy atom. The number of nitrogens with one attached hydrogen (secondary N) is 1. The van der Waals surface area contributed by atoms with Gasteiger partial charge in [0.2, 0.25) is 0 Å². The van der Waals surface area contributed by atoms with Crippen molar-refractivity contribution in [2.75, 3.05) is 0 Å². The van der Waals surface area contributed by atoms with E-state index in [9.17, 15) is 0 Å². The quantitative estimate of drug-likeness (QED) is 0.248. The molecule has 0 aliphatic carbocycles. The highest BCUT2D eigenvalue weighted by molar-refractivity contribution is 7.25. The molecule has 9 aromatic rings. The van der Waals surface area contributed by atoms with Crippen molar-refractivity contribution in [2.24, 2.45) is 0 Å². The van der Waals surface area contributed by atoms with Crippen molar-refractivity contribution in [3.8, 4) is 22.3 Å². The molecule has 182 valence electrons. The van der Waals surface area contributed by atoms with Gasteiger partial charge in [0.05, 0.1) is 17.2 Å². The third-order valence-electron chi connectivity index (χ3n) is 7.61. The molecule has 1 N–H and O–H groups in total. The Morgan fingerprint density at radius 3 is 2.28 bits per heavy atom. The summed E-state index contributed by atoms with van der Waals surface area (Å²) in [4.78, 5) is 16.9. The lowest BCUT2D eigenvalue weighted by molar-refractivity contribution is 0.666. The number of hydrogen-bond donors (Lipinski definition) is 1. The van der Waals surface area contributed by atoms with Gasteiger partial charge < -0.3 is 9.40 Å². The van der Waals surface area contributed by atoms with E-state index in [2.05, 4.69) is 93.8 Å². The Bertz CT molecular complexity index is 2240. The third-order valence-corrected chi connectivity index (χ3v) is 8.75. The van der Waals surface area contributed by atoms with Crippen LogP contribution in [0.15, 0.2) is 108 Å². The third kappa shape index (κ3) is 3.09. The smallest absolute Gasteiger partial charge is 0.172 e. The average Bonchev–Trinajstić information content (AvgIpc) is 3.66. The number of rotatable bonds is 2. The summed E-state index contributed by atoms with van der Waals surface area (Å²) in [6, 6.07) is 30.3. The second-order valence-electron chi connectivity index (χ2n) is 9.86. The van der Waals surface area contributed by atoms with E-state index in [0.717, 1.165) is 49.5 Å². The molecule has 0 radical (unpaired) electrons. The van der Waals surface area contributed by atoms with Gasteiger partial charge in [-0.05, 0) is 53.1 Å². The molecule has 0 aliphatic rings. The van der Waals surface area contributed by atoms with Crippen molar-refractivity contribution in [1.82, 2.24) is 19.9 Å². The summed E-state index contributed by atoms with van der Waals surface area (Å²) in [5, 5.41) is 4.74. The number of benzene rings is 4. The van der Waals surface area contributed by atoms with Gasteiger partial charge in [-0.15, -0.1) is 11.3 Å². The minimum absolute atomic E-state index is 0.691. The predicted molar refractivity (Wildman–Crippen MR) is 160 cm³/mol. The molecule has 0 spiro atoms. The first-order valence-electron chi connectivity index (χ1n) is 12.7. The van der Waals surface area contributed by atoms with Gasteiger partial charge >= 0.3 is 0 Å². The fourth-order valence-corrected chi connectivity index (χ4v) is 6.86. The van der Waals surface area contributed by atoms with E-state index in [0.29, 0.717) is 5.58 Å². The lowest BCUT2D eigenvalue weighted by atomic mass is 10.0. The molecule has 4 aromatic carbocycles. The minimum Gasteiger partial charge on any atom is -0.453 e. The van der Waals surface area contributed by atoms with Gasteiger partial charge in [-0.25, -0.2) is 9.97 Å². The maximum absolute atomic E-state index is 6.00. The van der Waals surface area contributed by atoms with Crippen molar-refractivity contribution in [3.63, 3.8) is 0 Å². The average molecular weight is 519 g/mol. The zero-order valence-electron chi connectivity index (χ0n) is 20.5. The lowest BCUT2D eigenvalue weighted by Crippen LogP contribution is -1.82. The van der Waals surface area contributed by atoms with E-state index < -0.39 is 0 Å². The van der Waals surface area contributed by atoms with Gasteiger partial charge in [-0.1, -0.05) is 48.5 Å². The van der Waals surface area contributed by atoms with Gasteiger partial charge in [0.25, 0.3) is 0 Å². The molecule has 39 heavy (non-hydrogen) atoms. The first-order valence-corrected chi connectivity index (χ1v) is 13.6. The summed E-state index contributed by atoms with van der Waals surface area (Å²) in [5.74, 6) is 0. The van der Waals surface area contributed by atoms with Gasteiger partial charge in [0, 0.05) is 48.2 Å². The first-order chi connectivity index (χ1) is 19.3. The molecule has 0 unspecified atom stereocenters. The molecule has 0 saturated heterocycles. The molecular formula is C33H18N4OS. The van der Waals surface area contributed by atoms with Crippen LogP contribution in [0.5, 0.6) is 0 Å².